The summed E-state index contributed by atoms with van der Waals surface area (Å²) in [6.45, 7) is 6.89. The highest BCUT2D eigenvalue weighted by molar-refractivity contribution is 5.19. The van der Waals surface area contributed by atoms with Gasteiger partial charge in [-0.3, -0.25) is 0 Å². The number of halogens is 1. The zero-order chi connectivity index (χ0) is 12.8. The summed E-state index contributed by atoms with van der Waals surface area (Å²) in [6, 6.07) is 7.06. The quantitative estimate of drug-likeness (QED) is 0.781. The van der Waals surface area contributed by atoms with Crippen molar-refractivity contribution in [3.05, 3.63) is 35.6 Å². The van der Waals surface area contributed by atoms with E-state index in [0.29, 0.717) is 6.04 Å². The van der Waals surface area contributed by atoms with Crippen LogP contribution in [0.2, 0.25) is 0 Å². The molecule has 1 aliphatic rings. The maximum absolute atomic E-state index is 12.8. The van der Waals surface area contributed by atoms with Gasteiger partial charge in [0.05, 0.1) is 0 Å². The third-order valence-electron chi connectivity index (χ3n) is 3.67. The van der Waals surface area contributed by atoms with E-state index in [2.05, 4.69) is 17.1 Å². The molecule has 2 rings (SSSR count). The molecule has 1 atom stereocenters. The van der Waals surface area contributed by atoms with E-state index in [4.69, 9.17) is 0 Å². The van der Waals surface area contributed by atoms with Crippen LogP contribution in [-0.4, -0.2) is 31.1 Å². The Balaban J connectivity index is 1.64. The third kappa shape index (κ3) is 4.07. The number of hydrogen-bond donors (Lipinski definition) is 1. The van der Waals surface area contributed by atoms with Gasteiger partial charge in [-0.2, -0.15) is 0 Å². The van der Waals surface area contributed by atoms with Gasteiger partial charge in [-0.05, 0) is 70.1 Å². The number of hydrogen-bond acceptors (Lipinski definition) is 2. The van der Waals surface area contributed by atoms with Crippen molar-refractivity contribution in [1.82, 2.24) is 10.2 Å². The SMILES string of the molecule is C[C@H](NCCCN1CCCC1)c1ccc(F)cc1. The summed E-state index contributed by atoms with van der Waals surface area (Å²) in [6.07, 6.45) is 3.91. The standard InChI is InChI=1S/C15H23FN2/c1-13(14-5-7-15(16)8-6-14)17-9-4-12-18-10-2-3-11-18/h5-8,13,17H,2-4,9-12H2,1H3/t13-/m0/s1. The minimum Gasteiger partial charge on any atom is -0.310 e. The highest BCUT2D eigenvalue weighted by atomic mass is 19.1. The minimum absolute atomic E-state index is 0.167. The topological polar surface area (TPSA) is 15.3 Å². The van der Waals surface area contributed by atoms with E-state index in [1.165, 1.54) is 51.0 Å². The lowest BCUT2D eigenvalue weighted by Gasteiger charge is -2.17. The summed E-state index contributed by atoms with van der Waals surface area (Å²) in [5, 5.41) is 3.49. The van der Waals surface area contributed by atoms with Crippen LogP contribution in [0.3, 0.4) is 0 Å². The summed E-state index contributed by atoms with van der Waals surface area (Å²) in [5.74, 6) is -0.167. The molecule has 18 heavy (non-hydrogen) atoms. The lowest BCUT2D eigenvalue weighted by Crippen LogP contribution is -2.26. The Morgan fingerprint density at radius 1 is 1.22 bits per heavy atom. The fraction of sp³-hybridized carbons (Fsp3) is 0.600. The summed E-state index contributed by atoms with van der Waals surface area (Å²) < 4.78 is 12.8. The van der Waals surface area contributed by atoms with Gasteiger partial charge in [0.25, 0.3) is 0 Å². The number of likely N-dealkylation sites (tertiary alicyclic amines) is 1. The van der Waals surface area contributed by atoms with Gasteiger partial charge in [0.1, 0.15) is 5.82 Å². The zero-order valence-corrected chi connectivity index (χ0v) is 11.2. The van der Waals surface area contributed by atoms with E-state index in [-0.39, 0.29) is 5.82 Å². The molecule has 1 heterocycles. The number of nitrogens with one attached hydrogen (secondary N) is 1. The van der Waals surface area contributed by atoms with E-state index in [1.54, 1.807) is 0 Å². The third-order valence-corrected chi connectivity index (χ3v) is 3.67. The largest absolute Gasteiger partial charge is 0.310 e. The van der Waals surface area contributed by atoms with Crippen molar-refractivity contribution >= 4 is 0 Å². The van der Waals surface area contributed by atoms with Crippen LogP contribution in [0, 0.1) is 5.82 Å². The molecule has 2 nitrogen and oxygen atoms in total. The van der Waals surface area contributed by atoms with Gasteiger partial charge in [-0.15, -0.1) is 0 Å². The highest BCUT2D eigenvalue weighted by Crippen LogP contribution is 2.13. The zero-order valence-electron chi connectivity index (χ0n) is 11.2. The Labute approximate surface area is 109 Å². The van der Waals surface area contributed by atoms with Crippen molar-refractivity contribution in [2.45, 2.75) is 32.2 Å². The van der Waals surface area contributed by atoms with Crippen LogP contribution < -0.4 is 5.32 Å². The van der Waals surface area contributed by atoms with Crippen molar-refractivity contribution in [3.63, 3.8) is 0 Å². The predicted molar refractivity (Wildman–Crippen MR) is 73.1 cm³/mol. The first-order valence-electron chi connectivity index (χ1n) is 6.97. The normalized spacial score (nSPS) is 18.1. The van der Waals surface area contributed by atoms with Gasteiger partial charge >= 0.3 is 0 Å². The Morgan fingerprint density at radius 2 is 1.89 bits per heavy atom. The second kappa shape index (κ2) is 6.86. The molecule has 1 N–H and O–H groups in total. The van der Waals surface area contributed by atoms with Gasteiger partial charge in [0.15, 0.2) is 0 Å². The minimum atomic E-state index is -0.167. The van der Waals surface area contributed by atoms with Crippen molar-refractivity contribution in [2.75, 3.05) is 26.2 Å². The summed E-state index contributed by atoms with van der Waals surface area (Å²) in [7, 11) is 0. The molecule has 1 aliphatic heterocycles. The second-order valence-corrected chi connectivity index (χ2v) is 5.13. The molecule has 1 aromatic rings. The maximum atomic E-state index is 12.8. The molecule has 100 valence electrons. The van der Waals surface area contributed by atoms with E-state index in [1.807, 2.05) is 12.1 Å². The molecule has 0 aromatic heterocycles. The first-order chi connectivity index (χ1) is 8.75. The number of benzene rings is 1. The predicted octanol–water partition coefficient (Wildman–Crippen LogP) is 2.96. The first kappa shape index (κ1) is 13.5. The molecule has 1 aromatic carbocycles. The molecule has 0 saturated carbocycles. The van der Waals surface area contributed by atoms with Gasteiger partial charge in [-0.25, -0.2) is 4.39 Å². The van der Waals surface area contributed by atoms with Crippen molar-refractivity contribution < 1.29 is 4.39 Å². The highest BCUT2D eigenvalue weighted by Gasteiger charge is 2.10. The van der Waals surface area contributed by atoms with Crippen molar-refractivity contribution in [1.29, 1.82) is 0 Å². The van der Waals surface area contributed by atoms with Crippen LogP contribution in [0.5, 0.6) is 0 Å². The Hall–Kier alpha value is -0.930. The average molecular weight is 250 g/mol. The molecule has 3 heteroatoms. The molecule has 0 aliphatic carbocycles. The van der Waals surface area contributed by atoms with Crippen molar-refractivity contribution in [3.8, 4) is 0 Å². The molecule has 0 spiro atoms. The summed E-state index contributed by atoms with van der Waals surface area (Å²) >= 11 is 0. The fourth-order valence-electron chi connectivity index (χ4n) is 2.50. The lowest BCUT2D eigenvalue weighted by molar-refractivity contribution is 0.328. The van der Waals surface area contributed by atoms with Crippen LogP contribution >= 0.6 is 0 Å². The Kier molecular flexibility index (Phi) is 5.14. The van der Waals surface area contributed by atoms with Crippen LogP contribution in [0.15, 0.2) is 24.3 Å². The molecule has 0 bridgehead atoms. The fourth-order valence-corrected chi connectivity index (χ4v) is 2.50. The van der Waals surface area contributed by atoms with Gasteiger partial charge in [-0.1, -0.05) is 12.1 Å². The molecular formula is C15H23FN2. The molecular weight excluding hydrogens is 227 g/mol. The van der Waals surface area contributed by atoms with Gasteiger partial charge in [0, 0.05) is 6.04 Å². The summed E-state index contributed by atoms with van der Waals surface area (Å²) in [4.78, 5) is 2.53. The number of rotatable bonds is 6. The average Bonchev–Trinajstić information content (AvgIpc) is 2.88. The Morgan fingerprint density at radius 3 is 2.56 bits per heavy atom. The molecule has 1 fully saturated rings. The van der Waals surface area contributed by atoms with E-state index < -0.39 is 0 Å². The molecule has 1 saturated heterocycles. The number of nitrogens with zero attached hydrogens (tertiary/aromatic N) is 1. The first-order valence-corrected chi connectivity index (χ1v) is 6.97. The lowest BCUT2D eigenvalue weighted by atomic mass is 10.1. The second-order valence-electron chi connectivity index (χ2n) is 5.13. The smallest absolute Gasteiger partial charge is 0.123 e. The molecule has 0 unspecified atom stereocenters. The van der Waals surface area contributed by atoms with Crippen LogP contribution in [-0.2, 0) is 0 Å². The van der Waals surface area contributed by atoms with Crippen LogP contribution in [0.4, 0.5) is 4.39 Å². The summed E-state index contributed by atoms with van der Waals surface area (Å²) in [5.41, 5.74) is 1.15. The monoisotopic (exact) mass is 250 g/mol. The van der Waals surface area contributed by atoms with Crippen LogP contribution in [0.1, 0.15) is 37.8 Å². The van der Waals surface area contributed by atoms with Gasteiger partial charge < -0.3 is 10.2 Å². The van der Waals surface area contributed by atoms with E-state index in [0.717, 1.165) is 12.1 Å². The van der Waals surface area contributed by atoms with Gasteiger partial charge in [0.2, 0.25) is 0 Å². The molecule has 0 amide bonds. The van der Waals surface area contributed by atoms with E-state index in [9.17, 15) is 4.39 Å². The Bertz CT molecular complexity index is 344. The maximum Gasteiger partial charge on any atom is 0.123 e. The van der Waals surface area contributed by atoms with E-state index >= 15 is 0 Å². The van der Waals surface area contributed by atoms with Crippen molar-refractivity contribution in [2.24, 2.45) is 0 Å². The molecule has 0 radical (unpaired) electrons. The van der Waals surface area contributed by atoms with Crippen LogP contribution in [0.25, 0.3) is 0 Å².